The zero-order valence-electron chi connectivity index (χ0n) is 22.4. The van der Waals surface area contributed by atoms with Crippen molar-refractivity contribution in [3.8, 4) is 5.75 Å². The van der Waals surface area contributed by atoms with Crippen molar-refractivity contribution in [2.75, 3.05) is 46.5 Å². The fourth-order valence-corrected chi connectivity index (χ4v) is 4.77. The van der Waals surface area contributed by atoms with E-state index in [1.165, 1.54) is 0 Å². The molecule has 206 valence electrons. The Morgan fingerprint density at radius 3 is 2.28 bits per heavy atom. The summed E-state index contributed by atoms with van der Waals surface area (Å²) in [5.74, 6) is 0.446. The molecule has 0 spiro atoms. The van der Waals surface area contributed by atoms with Gasteiger partial charge in [0.05, 0.1) is 26.7 Å². The summed E-state index contributed by atoms with van der Waals surface area (Å²) in [6.45, 7) is 4.67. The van der Waals surface area contributed by atoms with Crippen LogP contribution in [0.15, 0.2) is 78.9 Å². The number of carbonyl (C=O) groups excluding carboxylic acids is 2. The van der Waals surface area contributed by atoms with Crippen LogP contribution < -0.4 is 10.1 Å². The molecular formula is C31H36ClN3O4. The van der Waals surface area contributed by atoms with Crippen LogP contribution in [0.5, 0.6) is 5.75 Å². The molecule has 1 heterocycles. The maximum absolute atomic E-state index is 13.8. The second kappa shape index (κ2) is 14.7. The van der Waals surface area contributed by atoms with Gasteiger partial charge in [0, 0.05) is 44.2 Å². The van der Waals surface area contributed by atoms with Gasteiger partial charge in [0.25, 0.3) is 0 Å². The topological polar surface area (TPSA) is 71.1 Å². The molecule has 7 nitrogen and oxygen atoms in total. The molecule has 39 heavy (non-hydrogen) atoms. The molecule has 1 N–H and O–H groups in total. The molecule has 0 radical (unpaired) electrons. The van der Waals surface area contributed by atoms with Gasteiger partial charge in [0.15, 0.2) is 0 Å². The summed E-state index contributed by atoms with van der Waals surface area (Å²) >= 11 is 6.06. The number of carbonyl (C=O) groups is 2. The number of benzene rings is 3. The Morgan fingerprint density at radius 2 is 1.62 bits per heavy atom. The summed E-state index contributed by atoms with van der Waals surface area (Å²) < 4.78 is 10.7. The summed E-state index contributed by atoms with van der Waals surface area (Å²) in [5.41, 5.74) is 2.75. The van der Waals surface area contributed by atoms with E-state index in [2.05, 4.69) is 10.2 Å². The fraction of sp³-hybridized carbons (Fsp3) is 0.355. The van der Waals surface area contributed by atoms with Gasteiger partial charge in [-0.05, 0) is 41.0 Å². The first-order valence-corrected chi connectivity index (χ1v) is 13.7. The van der Waals surface area contributed by atoms with Crippen LogP contribution in [0.2, 0.25) is 5.02 Å². The Morgan fingerprint density at radius 1 is 0.949 bits per heavy atom. The monoisotopic (exact) mass is 549 g/mol. The van der Waals surface area contributed by atoms with Crippen molar-refractivity contribution >= 4 is 23.4 Å². The molecule has 0 bridgehead atoms. The van der Waals surface area contributed by atoms with Crippen LogP contribution in [-0.2, 0) is 33.7 Å². The smallest absolute Gasteiger partial charge is 0.243 e. The van der Waals surface area contributed by atoms with Crippen LogP contribution in [0.4, 0.5) is 0 Å². The Hall–Kier alpha value is -3.39. The number of nitrogens with one attached hydrogen (secondary N) is 1. The van der Waals surface area contributed by atoms with Gasteiger partial charge in [-0.3, -0.25) is 14.5 Å². The number of rotatable bonds is 12. The van der Waals surface area contributed by atoms with E-state index in [-0.39, 0.29) is 18.2 Å². The fourth-order valence-electron chi connectivity index (χ4n) is 4.64. The molecule has 4 rings (SSSR count). The molecule has 0 aliphatic carbocycles. The number of amides is 2. The van der Waals surface area contributed by atoms with Gasteiger partial charge in [-0.1, -0.05) is 66.2 Å². The van der Waals surface area contributed by atoms with Gasteiger partial charge in [-0.15, -0.1) is 0 Å². The third-order valence-corrected chi connectivity index (χ3v) is 7.13. The summed E-state index contributed by atoms with van der Waals surface area (Å²) in [6.07, 6.45) is 0.576. The Kier molecular flexibility index (Phi) is 10.8. The predicted molar refractivity (Wildman–Crippen MR) is 153 cm³/mol. The molecule has 1 fully saturated rings. The van der Waals surface area contributed by atoms with Gasteiger partial charge in [0.2, 0.25) is 11.8 Å². The number of morpholine rings is 1. The van der Waals surface area contributed by atoms with E-state index >= 15 is 0 Å². The van der Waals surface area contributed by atoms with Crippen LogP contribution in [-0.4, -0.2) is 74.2 Å². The second-order valence-electron chi connectivity index (χ2n) is 9.62. The number of hydrogen-bond donors (Lipinski definition) is 1. The Balaban J connectivity index is 1.57. The molecule has 8 heteroatoms. The van der Waals surface area contributed by atoms with Gasteiger partial charge in [-0.2, -0.15) is 0 Å². The number of ether oxygens (including phenoxy) is 2. The van der Waals surface area contributed by atoms with Crippen molar-refractivity contribution in [3.63, 3.8) is 0 Å². The highest BCUT2D eigenvalue weighted by Crippen LogP contribution is 2.19. The van der Waals surface area contributed by atoms with Crippen molar-refractivity contribution in [1.29, 1.82) is 0 Å². The summed E-state index contributed by atoms with van der Waals surface area (Å²) in [6, 6.07) is 24.0. The SMILES string of the molecule is COc1ccc(CN(C(=O)Cc2ccc(Cl)cc2)[C@@H](Cc2ccccc2)C(=O)NCCN2CCOCC2)cc1. The van der Waals surface area contributed by atoms with Crippen LogP contribution in [0.1, 0.15) is 16.7 Å². The highest BCUT2D eigenvalue weighted by Gasteiger charge is 2.30. The first-order chi connectivity index (χ1) is 19.0. The van der Waals surface area contributed by atoms with E-state index in [0.29, 0.717) is 37.7 Å². The number of hydrogen-bond acceptors (Lipinski definition) is 5. The third-order valence-electron chi connectivity index (χ3n) is 6.88. The van der Waals surface area contributed by atoms with Crippen LogP contribution in [0.25, 0.3) is 0 Å². The van der Waals surface area contributed by atoms with Crippen molar-refractivity contribution < 1.29 is 19.1 Å². The average Bonchev–Trinajstić information content (AvgIpc) is 2.97. The number of nitrogens with zero attached hydrogens (tertiary/aromatic N) is 2. The maximum Gasteiger partial charge on any atom is 0.243 e. The molecule has 2 amide bonds. The molecule has 3 aromatic carbocycles. The Labute approximate surface area is 235 Å². The highest BCUT2D eigenvalue weighted by atomic mass is 35.5. The van der Waals surface area contributed by atoms with Crippen LogP contribution >= 0.6 is 11.6 Å². The van der Waals surface area contributed by atoms with Crippen LogP contribution in [0, 0.1) is 0 Å². The normalized spacial score (nSPS) is 14.4. The zero-order chi connectivity index (χ0) is 27.5. The molecule has 3 aromatic rings. The molecule has 0 unspecified atom stereocenters. The van der Waals surface area contributed by atoms with Gasteiger partial charge >= 0.3 is 0 Å². The lowest BCUT2D eigenvalue weighted by Crippen LogP contribution is -2.52. The summed E-state index contributed by atoms with van der Waals surface area (Å²) in [4.78, 5) is 31.6. The van der Waals surface area contributed by atoms with Crippen molar-refractivity contribution in [2.24, 2.45) is 0 Å². The summed E-state index contributed by atoms with van der Waals surface area (Å²) in [5, 5.41) is 3.72. The molecule has 0 saturated carbocycles. The highest BCUT2D eigenvalue weighted by molar-refractivity contribution is 6.30. The lowest BCUT2D eigenvalue weighted by atomic mass is 10.0. The van der Waals surface area contributed by atoms with E-state index in [4.69, 9.17) is 21.1 Å². The van der Waals surface area contributed by atoms with Crippen LogP contribution in [0.3, 0.4) is 0 Å². The lowest BCUT2D eigenvalue weighted by molar-refractivity contribution is -0.140. The van der Waals surface area contributed by atoms with Crippen molar-refractivity contribution in [2.45, 2.75) is 25.4 Å². The zero-order valence-corrected chi connectivity index (χ0v) is 23.1. The average molecular weight is 550 g/mol. The first kappa shape index (κ1) is 28.6. The van der Waals surface area contributed by atoms with Crippen molar-refractivity contribution in [1.82, 2.24) is 15.1 Å². The summed E-state index contributed by atoms with van der Waals surface area (Å²) in [7, 11) is 1.62. The predicted octanol–water partition coefficient (Wildman–Crippen LogP) is 3.98. The minimum Gasteiger partial charge on any atom is -0.497 e. The third kappa shape index (κ3) is 8.82. The van der Waals surface area contributed by atoms with E-state index in [1.807, 2.05) is 66.7 Å². The molecule has 1 saturated heterocycles. The minimum absolute atomic E-state index is 0.127. The van der Waals surface area contributed by atoms with E-state index in [0.717, 1.165) is 42.1 Å². The molecule has 1 aliphatic heterocycles. The van der Waals surface area contributed by atoms with E-state index in [1.54, 1.807) is 24.1 Å². The molecule has 0 aromatic heterocycles. The van der Waals surface area contributed by atoms with Gasteiger partial charge in [-0.25, -0.2) is 0 Å². The molecule has 1 aliphatic rings. The first-order valence-electron chi connectivity index (χ1n) is 13.3. The van der Waals surface area contributed by atoms with Crippen molar-refractivity contribution in [3.05, 3.63) is 101 Å². The maximum atomic E-state index is 13.8. The molecule has 1 atom stereocenters. The van der Waals surface area contributed by atoms with Gasteiger partial charge < -0.3 is 19.7 Å². The largest absolute Gasteiger partial charge is 0.497 e. The number of halogens is 1. The number of methoxy groups -OCH3 is 1. The van der Waals surface area contributed by atoms with E-state index in [9.17, 15) is 9.59 Å². The quantitative estimate of drug-likeness (QED) is 0.370. The molecular weight excluding hydrogens is 514 g/mol. The standard InChI is InChI=1S/C31H36ClN3O4/c1-38-28-13-9-26(10-14-28)23-35(30(36)22-25-7-11-27(32)12-8-25)29(21-24-5-3-2-4-6-24)31(37)33-15-16-34-17-19-39-20-18-34/h2-14,29H,15-23H2,1H3,(H,33,37)/t29-/m0/s1. The Bertz CT molecular complexity index is 1180. The second-order valence-corrected chi connectivity index (χ2v) is 10.1. The van der Waals surface area contributed by atoms with E-state index < -0.39 is 6.04 Å². The lowest BCUT2D eigenvalue weighted by Gasteiger charge is -2.32. The van der Waals surface area contributed by atoms with Gasteiger partial charge in [0.1, 0.15) is 11.8 Å². The minimum atomic E-state index is -0.681.